The first-order valence-electron chi connectivity index (χ1n) is 5.79. The second-order valence-electron chi connectivity index (χ2n) is 3.94. The Labute approximate surface area is 115 Å². The SMILES string of the molecule is CCc1nn(CC)c(Cn2cc(Cl)c(N)n2)c1Cl. The van der Waals surface area contributed by atoms with Crippen LogP contribution in [0.3, 0.4) is 0 Å². The van der Waals surface area contributed by atoms with Gasteiger partial charge in [-0.3, -0.25) is 9.36 Å². The zero-order chi connectivity index (χ0) is 13.3. The molecule has 0 saturated carbocycles. The molecule has 7 heteroatoms. The highest BCUT2D eigenvalue weighted by molar-refractivity contribution is 6.32. The zero-order valence-electron chi connectivity index (χ0n) is 10.3. The van der Waals surface area contributed by atoms with E-state index in [1.165, 1.54) is 0 Å². The van der Waals surface area contributed by atoms with Crippen molar-refractivity contribution in [3.8, 4) is 0 Å². The van der Waals surface area contributed by atoms with E-state index in [9.17, 15) is 0 Å². The first-order chi connectivity index (χ1) is 8.56. The second-order valence-corrected chi connectivity index (χ2v) is 4.72. The first kappa shape index (κ1) is 13.2. The largest absolute Gasteiger partial charge is 0.381 e. The highest BCUT2D eigenvalue weighted by Crippen LogP contribution is 2.23. The smallest absolute Gasteiger partial charge is 0.164 e. The number of aryl methyl sites for hydroxylation is 2. The van der Waals surface area contributed by atoms with Gasteiger partial charge in [0.2, 0.25) is 0 Å². The second kappa shape index (κ2) is 5.20. The van der Waals surface area contributed by atoms with E-state index in [1.807, 2.05) is 18.5 Å². The Bertz CT molecular complexity index is 539. The lowest BCUT2D eigenvalue weighted by molar-refractivity contribution is 0.574. The Kier molecular flexibility index (Phi) is 3.82. The predicted molar refractivity (Wildman–Crippen MR) is 73.0 cm³/mol. The van der Waals surface area contributed by atoms with Crippen LogP contribution < -0.4 is 5.73 Å². The summed E-state index contributed by atoms with van der Waals surface area (Å²) in [5.41, 5.74) is 7.44. The van der Waals surface area contributed by atoms with Gasteiger partial charge in [-0.25, -0.2) is 0 Å². The number of anilines is 1. The number of nitrogens with two attached hydrogens (primary N) is 1. The molecule has 0 spiro atoms. The molecule has 0 amide bonds. The van der Waals surface area contributed by atoms with Crippen LogP contribution in [0.1, 0.15) is 25.2 Å². The van der Waals surface area contributed by atoms with Crippen LogP contribution in [-0.4, -0.2) is 19.6 Å². The predicted octanol–water partition coefficient (Wildman–Crippen LogP) is 2.60. The minimum absolute atomic E-state index is 0.325. The number of nitrogens with zero attached hydrogens (tertiary/aromatic N) is 4. The maximum atomic E-state index is 6.32. The van der Waals surface area contributed by atoms with Crippen molar-refractivity contribution in [2.45, 2.75) is 33.4 Å². The maximum absolute atomic E-state index is 6.32. The third-order valence-electron chi connectivity index (χ3n) is 2.75. The summed E-state index contributed by atoms with van der Waals surface area (Å²) >= 11 is 12.2. The van der Waals surface area contributed by atoms with E-state index in [2.05, 4.69) is 10.2 Å². The maximum Gasteiger partial charge on any atom is 0.164 e. The van der Waals surface area contributed by atoms with Gasteiger partial charge in [0.05, 0.1) is 23.0 Å². The Hall–Kier alpha value is -1.20. The average molecular weight is 288 g/mol. The molecule has 0 fully saturated rings. The molecular weight excluding hydrogens is 273 g/mol. The van der Waals surface area contributed by atoms with Crippen molar-refractivity contribution in [2.75, 3.05) is 5.73 Å². The summed E-state index contributed by atoms with van der Waals surface area (Å²) in [5, 5.41) is 9.72. The molecule has 5 nitrogen and oxygen atoms in total. The minimum Gasteiger partial charge on any atom is -0.381 e. The van der Waals surface area contributed by atoms with Crippen molar-refractivity contribution in [2.24, 2.45) is 0 Å². The fourth-order valence-electron chi connectivity index (χ4n) is 1.81. The number of aromatic nitrogens is 4. The van der Waals surface area contributed by atoms with Crippen molar-refractivity contribution in [1.82, 2.24) is 19.6 Å². The van der Waals surface area contributed by atoms with Gasteiger partial charge in [-0.1, -0.05) is 30.1 Å². The Balaban J connectivity index is 2.35. The van der Waals surface area contributed by atoms with Gasteiger partial charge in [0, 0.05) is 12.7 Å². The molecular formula is C11H15Cl2N5. The lowest BCUT2D eigenvalue weighted by Gasteiger charge is -2.05. The molecule has 18 heavy (non-hydrogen) atoms. The van der Waals surface area contributed by atoms with Crippen molar-refractivity contribution in [3.05, 3.63) is 27.6 Å². The van der Waals surface area contributed by atoms with E-state index in [0.717, 1.165) is 24.4 Å². The summed E-state index contributed by atoms with van der Waals surface area (Å²) < 4.78 is 3.55. The summed E-state index contributed by atoms with van der Waals surface area (Å²) in [7, 11) is 0. The Morgan fingerprint density at radius 3 is 2.50 bits per heavy atom. The molecule has 0 aromatic carbocycles. The quantitative estimate of drug-likeness (QED) is 0.940. The molecule has 0 bridgehead atoms. The molecule has 2 N–H and O–H groups in total. The summed E-state index contributed by atoms with van der Waals surface area (Å²) in [4.78, 5) is 0. The van der Waals surface area contributed by atoms with E-state index in [4.69, 9.17) is 28.9 Å². The van der Waals surface area contributed by atoms with Gasteiger partial charge < -0.3 is 5.73 Å². The van der Waals surface area contributed by atoms with Crippen LogP contribution in [-0.2, 0) is 19.5 Å². The molecule has 2 heterocycles. The van der Waals surface area contributed by atoms with Crippen LogP contribution >= 0.6 is 23.2 Å². The molecule has 0 atom stereocenters. The molecule has 0 aliphatic heterocycles. The number of nitrogen functional groups attached to an aromatic ring is 1. The normalized spacial score (nSPS) is 11.1. The fraction of sp³-hybridized carbons (Fsp3) is 0.455. The standard InChI is InChI=1S/C11H15Cl2N5/c1-3-8-10(13)9(18(4-2)15-8)6-17-5-7(12)11(14)16-17/h5H,3-4,6H2,1-2H3,(H2,14,16). The monoisotopic (exact) mass is 287 g/mol. The topological polar surface area (TPSA) is 61.7 Å². The molecule has 2 aromatic rings. The first-order valence-corrected chi connectivity index (χ1v) is 6.54. The number of halogens is 2. The van der Waals surface area contributed by atoms with Gasteiger partial charge in [-0.05, 0) is 13.3 Å². The van der Waals surface area contributed by atoms with Crippen molar-refractivity contribution < 1.29 is 0 Å². The Morgan fingerprint density at radius 1 is 1.28 bits per heavy atom. The van der Waals surface area contributed by atoms with Crippen LogP contribution in [0.2, 0.25) is 10.0 Å². The van der Waals surface area contributed by atoms with Gasteiger partial charge in [-0.15, -0.1) is 0 Å². The average Bonchev–Trinajstić information content (AvgIpc) is 2.82. The van der Waals surface area contributed by atoms with Crippen LogP contribution in [0, 0.1) is 0 Å². The molecule has 98 valence electrons. The zero-order valence-corrected chi connectivity index (χ0v) is 11.8. The summed E-state index contributed by atoms with van der Waals surface area (Å²) in [6, 6.07) is 0. The van der Waals surface area contributed by atoms with Crippen LogP contribution in [0.15, 0.2) is 6.20 Å². The third kappa shape index (κ3) is 2.33. The highest BCUT2D eigenvalue weighted by Gasteiger charge is 2.15. The molecule has 0 unspecified atom stereocenters. The van der Waals surface area contributed by atoms with E-state index in [0.29, 0.717) is 22.4 Å². The van der Waals surface area contributed by atoms with E-state index < -0.39 is 0 Å². The van der Waals surface area contributed by atoms with Gasteiger partial charge >= 0.3 is 0 Å². The summed E-state index contributed by atoms with van der Waals surface area (Å²) in [5.74, 6) is 0.325. The van der Waals surface area contributed by atoms with Crippen LogP contribution in [0.25, 0.3) is 0 Å². The van der Waals surface area contributed by atoms with Crippen LogP contribution in [0.5, 0.6) is 0 Å². The molecule has 2 aromatic heterocycles. The summed E-state index contributed by atoms with van der Waals surface area (Å²) in [6.07, 6.45) is 2.49. The minimum atomic E-state index is 0.325. The number of hydrogen-bond acceptors (Lipinski definition) is 3. The molecule has 0 aliphatic rings. The lowest BCUT2D eigenvalue weighted by atomic mass is 10.3. The van der Waals surface area contributed by atoms with E-state index in [1.54, 1.807) is 10.9 Å². The van der Waals surface area contributed by atoms with Crippen LogP contribution in [0.4, 0.5) is 5.82 Å². The van der Waals surface area contributed by atoms with Gasteiger partial charge in [-0.2, -0.15) is 10.2 Å². The fourth-order valence-corrected chi connectivity index (χ4v) is 2.29. The van der Waals surface area contributed by atoms with Crippen molar-refractivity contribution in [3.63, 3.8) is 0 Å². The molecule has 0 radical (unpaired) electrons. The summed E-state index contributed by atoms with van der Waals surface area (Å²) in [6.45, 7) is 5.33. The molecule has 2 rings (SSSR count). The van der Waals surface area contributed by atoms with Gasteiger partial charge in [0.25, 0.3) is 0 Å². The third-order valence-corrected chi connectivity index (χ3v) is 3.48. The van der Waals surface area contributed by atoms with E-state index in [-0.39, 0.29) is 0 Å². The highest BCUT2D eigenvalue weighted by atomic mass is 35.5. The molecule has 0 aliphatic carbocycles. The number of rotatable bonds is 4. The van der Waals surface area contributed by atoms with Gasteiger partial charge in [0.1, 0.15) is 5.02 Å². The lowest BCUT2D eigenvalue weighted by Crippen LogP contribution is -2.09. The Morgan fingerprint density at radius 2 is 2.00 bits per heavy atom. The molecule has 0 saturated heterocycles. The number of hydrogen-bond donors (Lipinski definition) is 1. The van der Waals surface area contributed by atoms with Gasteiger partial charge in [0.15, 0.2) is 5.82 Å². The van der Waals surface area contributed by atoms with Crippen molar-refractivity contribution in [1.29, 1.82) is 0 Å². The van der Waals surface area contributed by atoms with Crippen molar-refractivity contribution >= 4 is 29.0 Å². The van der Waals surface area contributed by atoms with E-state index >= 15 is 0 Å².